The van der Waals surface area contributed by atoms with Crippen LogP contribution in [0.4, 0.5) is 0 Å². The summed E-state index contributed by atoms with van der Waals surface area (Å²) in [5.74, 6) is 1.72. The van der Waals surface area contributed by atoms with Crippen LogP contribution in [0.15, 0.2) is 54.6 Å². The molecule has 32 heavy (non-hydrogen) atoms. The average Bonchev–Trinajstić information content (AvgIpc) is 3.29. The van der Waals surface area contributed by atoms with Crippen LogP contribution in [0, 0.1) is 30.6 Å². The average molecular weight is 433 g/mol. The molecule has 4 heteroatoms. The van der Waals surface area contributed by atoms with E-state index in [1.54, 1.807) is 0 Å². The largest absolute Gasteiger partial charge is 0.375 e. The lowest BCUT2D eigenvalue weighted by molar-refractivity contribution is -0.149. The molecule has 170 valence electrons. The minimum Gasteiger partial charge on any atom is -0.375 e. The highest BCUT2D eigenvalue weighted by Crippen LogP contribution is 2.51. The quantitative estimate of drug-likeness (QED) is 0.687. The number of benzene rings is 2. The monoisotopic (exact) mass is 432 g/mol. The molecular formula is C28H36N2O2. The molecule has 1 saturated heterocycles. The highest BCUT2D eigenvalue weighted by Gasteiger charge is 2.55. The van der Waals surface area contributed by atoms with E-state index >= 15 is 0 Å². The standard InChI is InChI=1S/C28H36N2O2/c1-20-12-14-21(15-13-20)17-30-18-25-24(26(25)19-30)16-29-27(31)28(32,22-8-4-2-5-9-22)23-10-6-3-7-11-23/h2,4-5,8-9,12-15,23-26,32H,3,6-7,10-11,16-19H2,1H3,(H,29,31)/t24?,25?,26?,28-/m1/s1. The molecule has 1 amide bonds. The first-order valence-electron chi connectivity index (χ1n) is 12.4. The van der Waals surface area contributed by atoms with Crippen molar-refractivity contribution in [1.82, 2.24) is 10.2 Å². The van der Waals surface area contributed by atoms with E-state index in [2.05, 4.69) is 41.4 Å². The number of aryl methyl sites for hydroxylation is 1. The van der Waals surface area contributed by atoms with Crippen LogP contribution in [0.3, 0.4) is 0 Å². The van der Waals surface area contributed by atoms with Crippen molar-refractivity contribution in [3.05, 3.63) is 71.3 Å². The Kier molecular flexibility index (Phi) is 6.09. The minimum atomic E-state index is -1.41. The number of carbonyl (C=O) groups excluding carboxylic acids is 1. The first kappa shape index (κ1) is 21.7. The third-order valence-electron chi connectivity index (χ3n) is 8.23. The minimum absolute atomic E-state index is 0.00218. The van der Waals surface area contributed by atoms with Crippen LogP contribution in [0.25, 0.3) is 0 Å². The van der Waals surface area contributed by atoms with Crippen molar-refractivity contribution in [3.63, 3.8) is 0 Å². The molecule has 2 saturated carbocycles. The fraction of sp³-hybridized carbons (Fsp3) is 0.536. The number of aliphatic hydroxyl groups is 1. The first-order chi connectivity index (χ1) is 15.6. The lowest BCUT2D eigenvalue weighted by Crippen LogP contribution is -2.50. The van der Waals surface area contributed by atoms with E-state index in [1.807, 2.05) is 30.3 Å². The predicted molar refractivity (Wildman–Crippen MR) is 127 cm³/mol. The zero-order valence-corrected chi connectivity index (χ0v) is 19.2. The SMILES string of the molecule is Cc1ccc(CN2CC3C(CNC(=O)[C@@](O)(c4ccccc4)C4CCCCC4)C3C2)cc1. The Labute approximate surface area is 192 Å². The van der Waals surface area contributed by atoms with Gasteiger partial charge in [0.1, 0.15) is 0 Å². The summed E-state index contributed by atoms with van der Waals surface area (Å²) >= 11 is 0. The van der Waals surface area contributed by atoms with Crippen LogP contribution in [0.2, 0.25) is 0 Å². The molecule has 2 aromatic carbocycles. The maximum Gasteiger partial charge on any atom is 0.256 e. The summed E-state index contributed by atoms with van der Waals surface area (Å²) in [6.07, 6.45) is 5.23. The summed E-state index contributed by atoms with van der Waals surface area (Å²) in [5, 5.41) is 14.9. The number of carbonyl (C=O) groups is 1. The molecular weight excluding hydrogens is 396 g/mol. The summed E-state index contributed by atoms with van der Waals surface area (Å²) in [6.45, 7) is 6.06. The molecule has 2 aromatic rings. The summed E-state index contributed by atoms with van der Waals surface area (Å²) in [7, 11) is 0. The van der Waals surface area contributed by atoms with Crippen LogP contribution in [-0.4, -0.2) is 35.5 Å². The van der Waals surface area contributed by atoms with Gasteiger partial charge in [0.05, 0.1) is 0 Å². The molecule has 3 aliphatic rings. The lowest BCUT2D eigenvalue weighted by atomic mass is 9.73. The molecule has 4 nitrogen and oxygen atoms in total. The number of nitrogens with zero attached hydrogens (tertiary/aromatic N) is 1. The summed E-state index contributed by atoms with van der Waals surface area (Å²) in [6, 6.07) is 18.4. The fourth-order valence-electron chi connectivity index (χ4n) is 6.23. The van der Waals surface area contributed by atoms with Gasteiger partial charge in [-0.1, -0.05) is 79.4 Å². The van der Waals surface area contributed by atoms with Gasteiger partial charge < -0.3 is 10.4 Å². The molecule has 1 heterocycles. The van der Waals surface area contributed by atoms with E-state index in [1.165, 1.54) is 17.5 Å². The Bertz CT molecular complexity index is 910. The molecule has 1 aliphatic heterocycles. The second kappa shape index (κ2) is 8.99. The Balaban J connectivity index is 1.17. The van der Waals surface area contributed by atoms with Crippen LogP contribution < -0.4 is 5.32 Å². The van der Waals surface area contributed by atoms with E-state index < -0.39 is 5.60 Å². The third kappa shape index (κ3) is 4.23. The van der Waals surface area contributed by atoms with Crippen molar-refractivity contribution >= 4 is 5.91 Å². The van der Waals surface area contributed by atoms with E-state index in [4.69, 9.17) is 0 Å². The van der Waals surface area contributed by atoms with Crippen molar-refractivity contribution < 1.29 is 9.90 Å². The van der Waals surface area contributed by atoms with Crippen molar-refractivity contribution in [2.75, 3.05) is 19.6 Å². The Hall–Kier alpha value is -2.17. The van der Waals surface area contributed by atoms with Gasteiger partial charge in [-0.3, -0.25) is 9.69 Å². The lowest BCUT2D eigenvalue weighted by Gasteiger charge is -2.37. The van der Waals surface area contributed by atoms with Gasteiger partial charge in [0.15, 0.2) is 5.60 Å². The number of hydrogen-bond acceptors (Lipinski definition) is 3. The van der Waals surface area contributed by atoms with Crippen molar-refractivity contribution in [1.29, 1.82) is 0 Å². The van der Waals surface area contributed by atoms with Gasteiger partial charge >= 0.3 is 0 Å². The molecule has 0 bridgehead atoms. The van der Waals surface area contributed by atoms with Crippen LogP contribution >= 0.6 is 0 Å². The number of nitrogens with one attached hydrogen (secondary N) is 1. The maximum atomic E-state index is 13.4. The van der Waals surface area contributed by atoms with Gasteiger partial charge in [0, 0.05) is 32.1 Å². The van der Waals surface area contributed by atoms with Crippen LogP contribution in [-0.2, 0) is 16.9 Å². The Morgan fingerprint density at radius 1 is 1.00 bits per heavy atom. The molecule has 0 radical (unpaired) electrons. The van der Waals surface area contributed by atoms with Gasteiger partial charge in [-0.15, -0.1) is 0 Å². The predicted octanol–water partition coefficient (Wildman–Crippen LogP) is 4.26. The number of fused-ring (bicyclic) bond motifs is 1. The zero-order valence-electron chi connectivity index (χ0n) is 19.2. The molecule has 0 aromatic heterocycles. The van der Waals surface area contributed by atoms with Crippen LogP contribution in [0.5, 0.6) is 0 Å². The van der Waals surface area contributed by atoms with Crippen molar-refractivity contribution in [2.24, 2.45) is 23.7 Å². The molecule has 2 aliphatic carbocycles. The number of hydrogen-bond donors (Lipinski definition) is 2. The number of amides is 1. The highest BCUT2D eigenvalue weighted by atomic mass is 16.3. The Morgan fingerprint density at radius 2 is 1.66 bits per heavy atom. The molecule has 2 N–H and O–H groups in total. The van der Waals surface area contributed by atoms with Gasteiger partial charge in [0.2, 0.25) is 0 Å². The van der Waals surface area contributed by atoms with E-state index in [-0.39, 0.29) is 11.8 Å². The van der Waals surface area contributed by atoms with Gasteiger partial charge in [-0.25, -0.2) is 0 Å². The van der Waals surface area contributed by atoms with E-state index in [0.717, 1.165) is 50.9 Å². The molecule has 0 spiro atoms. The Morgan fingerprint density at radius 3 is 2.31 bits per heavy atom. The molecule has 3 fully saturated rings. The number of likely N-dealkylation sites (tertiary alicyclic amines) is 1. The summed E-state index contributed by atoms with van der Waals surface area (Å²) < 4.78 is 0. The fourth-order valence-corrected chi connectivity index (χ4v) is 6.23. The van der Waals surface area contributed by atoms with Gasteiger partial charge in [0.25, 0.3) is 5.91 Å². The van der Waals surface area contributed by atoms with Crippen LogP contribution in [0.1, 0.15) is 48.8 Å². The van der Waals surface area contributed by atoms with Gasteiger partial charge in [-0.2, -0.15) is 0 Å². The maximum absolute atomic E-state index is 13.4. The second-order valence-corrected chi connectivity index (χ2v) is 10.3. The van der Waals surface area contributed by atoms with Gasteiger partial charge in [-0.05, 0) is 48.6 Å². The smallest absolute Gasteiger partial charge is 0.256 e. The first-order valence-corrected chi connectivity index (χ1v) is 12.4. The topological polar surface area (TPSA) is 52.6 Å². The van der Waals surface area contributed by atoms with E-state index in [0.29, 0.717) is 24.3 Å². The van der Waals surface area contributed by atoms with Crippen molar-refractivity contribution in [3.8, 4) is 0 Å². The third-order valence-corrected chi connectivity index (χ3v) is 8.23. The molecule has 5 rings (SSSR count). The summed E-state index contributed by atoms with van der Waals surface area (Å²) in [4.78, 5) is 15.9. The normalized spacial score (nSPS) is 27.5. The second-order valence-electron chi connectivity index (χ2n) is 10.3. The zero-order chi connectivity index (χ0) is 22.1. The van der Waals surface area contributed by atoms with Crippen molar-refractivity contribution in [2.45, 2.75) is 51.2 Å². The number of rotatable bonds is 7. The summed E-state index contributed by atoms with van der Waals surface area (Å²) in [5.41, 5.74) is 2.01. The highest BCUT2D eigenvalue weighted by molar-refractivity contribution is 5.86. The van der Waals surface area contributed by atoms with E-state index in [9.17, 15) is 9.90 Å². The number of piperidine rings is 1. The molecule has 3 atom stereocenters. The molecule has 2 unspecified atom stereocenters.